The van der Waals surface area contributed by atoms with E-state index in [0.29, 0.717) is 0 Å². The Morgan fingerprint density at radius 3 is 2.50 bits per heavy atom. The third-order valence-electron chi connectivity index (χ3n) is 1.96. The Bertz CT molecular complexity index is 533. The highest BCUT2D eigenvalue weighted by molar-refractivity contribution is 7.85. The van der Waals surface area contributed by atoms with Crippen molar-refractivity contribution in [2.24, 2.45) is 0 Å². The Morgan fingerprint density at radius 1 is 1.19 bits per heavy atom. The van der Waals surface area contributed by atoms with Crippen LogP contribution in [0.25, 0.3) is 0 Å². The first-order chi connectivity index (χ1) is 7.55. The van der Waals surface area contributed by atoms with E-state index in [4.69, 9.17) is 0 Å². The Balaban J connectivity index is 2.20. The van der Waals surface area contributed by atoms with Crippen molar-refractivity contribution in [1.82, 2.24) is 4.72 Å². The van der Waals surface area contributed by atoms with Crippen LogP contribution in [0.3, 0.4) is 0 Å². The van der Waals surface area contributed by atoms with Gasteiger partial charge in [0.25, 0.3) is 5.91 Å². The van der Waals surface area contributed by atoms with Crippen molar-refractivity contribution in [2.75, 3.05) is 0 Å². The highest BCUT2D eigenvalue weighted by Crippen LogP contribution is 2.14. The Morgan fingerprint density at radius 2 is 1.88 bits per heavy atom. The maximum atomic E-state index is 11.1. The number of amides is 1. The van der Waals surface area contributed by atoms with Gasteiger partial charge in [0, 0.05) is 12.5 Å². The first-order valence-corrected chi connectivity index (χ1v) is 5.97. The Labute approximate surface area is 93.0 Å². The molecule has 0 bridgehead atoms. The molecule has 0 aliphatic carbocycles. The molecule has 6 heteroatoms. The molecule has 5 nitrogen and oxygen atoms in total. The first kappa shape index (κ1) is 10.7. The van der Waals surface area contributed by atoms with Gasteiger partial charge in [-0.3, -0.25) is 4.79 Å². The molecule has 16 heavy (non-hydrogen) atoms. The van der Waals surface area contributed by atoms with Crippen LogP contribution in [0.1, 0.15) is 5.56 Å². The lowest BCUT2D eigenvalue weighted by Crippen LogP contribution is -2.35. The molecular formula is C10H9NO4S. The van der Waals surface area contributed by atoms with Crippen LogP contribution in [0.2, 0.25) is 0 Å². The summed E-state index contributed by atoms with van der Waals surface area (Å²) in [6.45, 7) is 0. The van der Waals surface area contributed by atoms with Crippen molar-refractivity contribution in [3.8, 4) is 0 Å². The van der Waals surface area contributed by atoms with Gasteiger partial charge in [-0.15, -0.1) is 0 Å². The predicted octanol–water partition coefficient (Wildman–Crippen LogP) is 0.504. The third-order valence-corrected chi connectivity index (χ3v) is 2.84. The van der Waals surface area contributed by atoms with Gasteiger partial charge in [0.1, 0.15) is 5.76 Å². The highest BCUT2D eigenvalue weighted by Gasteiger charge is 2.23. The molecule has 0 aromatic heterocycles. The minimum Gasteiger partial charge on any atom is -0.371 e. The maximum absolute atomic E-state index is 11.1. The lowest BCUT2D eigenvalue weighted by atomic mass is 10.1. The molecule has 1 aliphatic heterocycles. The van der Waals surface area contributed by atoms with Crippen LogP contribution in [0.5, 0.6) is 0 Å². The quantitative estimate of drug-likeness (QED) is 0.815. The van der Waals surface area contributed by atoms with Crippen molar-refractivity contribution < 1.29 is 17.4 Å². The van der Waals surface area contributed by atoms with Gasteiger partial charge < -0.3 is 4.18 Å². The lowest BCUT2D eigenvalue weighted by Gasteiger charge is -2.14. The molecule has 1 aromatic carbocycles. The monoisotopic (exact) mass is 239 g/mol. The van der Waals surface area contributed by atoms with E-state index in [-0.39, 0.29) is 12.2 Å². The summed E-state index contributed by atoms with van der Waals surface area (Å²) in [4.78, 5) is 11.0. The van der Waals surface area contributed by atoms with E-state index in [9.17, 15) is 13.2 Å². The smallest absolute Gasteiger partial charge is 0.371 e. The Hall–Kier alpha value is -1.82. The Kier molecular flexibility index (Phi) is 2.66. The number of hydrogen-bond acceptors (Lipinski definition) is 4. The molecule has 84 valence electrons. The molecule has 0 saturated carbocycles. The second-order valence-electron chi connectivity index (χ2n) is 3.28. The van der Waals surface area contributed by atoms with Crippen molar-refractivity contribution in [1.29, 1.82) is 0 Å². The van der Waals surface area contributed by atoms with Crippen LogP contribution in [-0.4, -0.2) is 14.3 Å². The van der Waals surface area contributed by atoms with Gasteiger partial charge in [-0.1, -0.05) is 30.3 Å². The van der Waals surface area contributed by atoms with Crippen LogP contribution in [0.15, 0.2) is 42.2 Å². The molecular weight excluding hydrogens is 230 g/mol. The van der Waals surface area contributed by atoms with Crippen LogP contribution >= 0.6 is 0 Å². The maximum Gasteiger partial charge on any atom is 0.409 e. The van der Waals surface area contributed by atoms with Crippen molar-refractivity contribution in [3.05, 3.63) is 47.7 Å². The molecule has 0 saturated heterocycles. The topological polar surface area (TPSA) is 72.5 Å². The van der Waals surface area contributed by atoms with E-state index < -0.39 is 16.2 Å². The van der Waals surface area contributed by atoms with Gasteiger partial charge in [-0.25, -0.2) is 4.72 Å². The van der Waals surface area contributed by atoms with Crippen molar-refractivity contribution in [3.63, 3.8) is 0 Å². The fourth-order valence-electron chi connectivity index (χ4n) is 1.36. The normalized spacial score (nSPS) is 18.2. The number of benzene rings is 1. The number of rotatable bonds is 2. The van der Waals surface area contributed by atoms with Crippen LogP contribution in [0, 0.1) is 0 Å². The molecule has 0 spiro atoms. The molecule has 0 atom stereocenters. The number of hydrogen-bond donors (Lipinski definition) is 1. The number of carbonyl (C=O) groups excluding carboxylic acids is 1. The van der Waals surface area contributed by atoms with E-state index in [1.54, 1.807) is 4.72 Å². The summed E-state index contributed by atoms with van der Waals surface area (Å²) in [6, 6.07) is 9.15. The van der Waals surface area contributed by atoms with Crippen molar-refractivity contribution >= 4 is 16.2 Å². The predicted molar refractivity (Wildman–Crippen MR) is 56.4 cm³/mol. The third kappa shape index (κ3) is 2.60. The standard InChI is InChI=1S/C10H9NO4S/c12-10-7-9(15-16(13,14)11-10)6-8-4-2-1-3-5-8/h1-5,7H,6H2,(H,11,12). The van der Waals surface area contributed by atoms with E-state index in [1.165, 1.54) is 0 Å². The van der Waals surface area contributed by atoms with E-state index in [1.807, 2.05) is 30.3 Å². The molecule has 0 radical (unpaired) electrons. The molecule has 0 unspecified atom stereocenters. The summed E-state index contributed by atoms with van der Waals surface area (Å²) >= 11 is 0. The van der Waals surface area contributed by atoms with Gasteiger partial charge in [0.15, 0.2) is 0 Å². The molecule has 1 aliphatic rings. The average Bonchev–Trinajstić information content (AvgIpc) is 2.15. The molecule has 1 heterocycles. The zero-order valence-electron chi connectivity index (χ0n) is 8.21. The van der Waals surface area contributed by atoms with Gasteiger partial charge in [0.2, 0.25) is 0 Å². The number of allylic oxidation sites excluding steroid dienone is 1. The lowest BCUT2D eigenvalue weighted by molar-refractivity contribution is -0.115. The molecule has 2 rings (SSSR count). The molecule has 0 fully saturated rings. The van der Waals surface area contributed by atoms with Crippen molar-refractivity contribution in [2.45, 2.75) is 6.42 Å². The molecule has 1 amide bonds. The SMILES string of the molecule is O=C1C=C(Cc2ccccc2)OS(=O)(=O)N1. The fraction of sp³-hybridized carbons (Fsp3) is 0.100. The van der Waals surface area contributed by atoms with E-state index in [0.717, 1.165) is 11.6 Å². The second-order valence-corrected chi connectivity index (χ2v) is 4.56. The van der Waals surface area contributed by atoms with Gasteiger partial charge in [0.05, 0.1) is 0 Å². The molecule has 1 aromatic rings. The summed E-state index contributed by atoms with van der Waals surface area (Å²) in [5.74, 6) is -0.563. The summed E-state index contributed by atoms with van der Waals surface area (Å²) in [7, 11) is -3.97. The first-order valence-electron chi connectivity index (χ1n) is 4.56. The zero-order chi connectivity index (χ0) is 11.6. The minimum atomic E-state index is -3.97. The summed E-state index contributed by atoms with van der Waals surface area (Å²) < 4.78 is 28.5. The summed E-state index contributed by atoms with van der Waals surface area (Å²) in [6.07, 6.45) is 1.40. The van der Waals surface area contributed by atoms with Crippen LogP contribution in [-0.2, 0) is 25.7 Å². The van der Waals surface area contributed by atoms with Gasteiger partial charge in [-0.2, -0.15) is 8.42 Å². The number of nitrogens with one attached hydrogen (secondary N) is 1. The van der Waals surface area contributed by atoms with E-state index in [2.05, 4.69) is 4.18 Å². The molecule has 1 N–H and O–H groups in total. The minimum absolute atomic E-state index is 0.120. The number of carbonyl (C=O) groups is 1. The fourth-order valence-corrected chi connectivity index (χ4v) is 2.10. The second kappa shape index (κ2) is 3.97. The van der Waals surface area contributed by atoms with Gasteiger partial charge >= 0.3 is 10.3 Å². The highest BCUT2D eigenvalue weighted by atomic mass is 32.2. The summed E-state index contributed by atoms with van der Waals surface area (Å²) in [5.41, 5.74) is 0.874. The average molecular weight is 239 g/mol. The van der Waals surface area contributed by atoms with Crippen LogP contribution < -0.4 is 4.72 Å². The van der Waals surface area contributed by atoms with Gasteiger partial charge in [-0.05, 0) is 5.56 Å². The van der Waals surface area contributed by atoms with Crippen LogP contribution in [0.4, 0.5) is 0 Å². The summed E-state index contributed by atoms with van der Waals surface area (Å²) in [5, 5.41) is 0. The largest absolute Gasteiger partial charge is 0.409 e. The zero-order valence-corrected chi connectivity index (χ0v) is 9.03. The van der Waals surface area contributed by atoms with E-state index >= 15 is 0 Å².